The smallest absolute Gasteiger partial charge is 0.195 e. The van der Waals surface area contributed by atoms with Gasteiger partial charge in [0.15, 0.2) is 5.78 Å². The minimum absolute atomic E-state index is 0.0659. The van der Waals surface area contributed by atoms with Crippen LogP contribution in [0.15, 0.2) is 59.1 Å². The number of aryl methyl sites for hydroxylation is 2. The number of ketones is 1. The van der Waals surface area contributed by atoms with E-state index in [0.717, 1.165) is 31.9 Å². The van der Waals surface area contributed by atoms with Crippen LogP contribution in [0.25, 0.3) is 10.8 Å². The van der Waals surface area contributed by atoms with Gasteiger partial charge >= 0.3 is 0 Å². The summed E-state index contributed by atoms with van der Waals surface area (Å²) in [5.41, 5.74) is 3.64. The van der Waals surface area contributed by atoms with Crippen LogP contribution < -0.4 is 0 Å². The van der Waals surface area contributed by atoms with Crippen molar-refractivity contribution in [3.8, 4) is 0 Å². The number of fused-ring (bicyclic) bond motifs is 1. The summed E-state index contributed by atoms with van der Waals surface area (Å²) in [6, 6.07) is 17.9. The molecule has 0 aliphatic heterocycles. The van der Waals surface area contributed by atoms with Crippen LogP contribution in [0.5, 0.6) is 0 Å². The molecule has 0 bridgehead atoms. The topological polar surface area (TPSA) is 17.1 Å². The van der Waals surface area contributed by atoms with Crippen LogP contribution in [0.1, 0.15) is 27.0 Å². The molecule has 0 aliphatic rings. The average molecular weight is 339 g/mol. The molecular weight excluding hydrogens is 324 g/mol. The second kappa shape index (κ2) is 5.45. The van der Waals surface area contributed by atoms with Crippen LogP contribution in [0.2, 0.25) is 0 Å². The molecule has 0 aromatic heterocycles. The van der Waals surface area contributed by atoms with Crippen LogP contribution in [0, 0.1) is 13.8 Å². The number of carbonyl (C=O) groups is 1. The lowest BCUT2D eigenvalue weighted by molar-refractivity contribution is 0.103. The SMILES string of the molecule is Cc1ccc(C(=O)c2c(C)ccc3ccccc23)c(Br)c1. The zero-order valence-electron chi connectivity index (χ0n) is 12.0. The summed E-state index contributed by atoms with van der Waals surface area (Å²) < 4.78 is 0.847. The largest absolute Gasteiger partial charge is 0.289 e. The van der Waals surface area contributed by atoms with E-state index in [4.69, 9.17) is 0 Å². The fraction of sp³-hybridized carbons (Fsp3) is 0.105. The highest BCUT2D eigenvalue weighted by molar-refractivity contribution is 9.10. The zero-order chi connectivity index (χ0) is 15.0. The normalized spacial score (nSPS) is 10.8. The molecule has 21 heavy (non-hydrogen) atoms. The minimum atomic E-state index is 0.0659. The van der Waals surface area contributed by atoms with Crippen molar-refractivity contribution >= 4 is 32.5 Å². The van der Waals surface area contributed by atoms with E-state index in [9.17, 15) is 4.79 Å². The zero-order valence-corrected chi connectivity index (χ0v) is 13.6. The fourth-order valence-corrected chi connectivity index (χ4v) is 3.29. The third-order valence-corrected chi connectivity index (χ3v) is 4.39. The van der Waals surface area contributed by atoms with Gasteiger partial charge in [0.25, 0.3) is 0 Å². The molecule has 0 N–H and O–H groups in total. The highest BCUT2D eigenvalue weighted by Crippen LogP contribution is 2.28. The second-order valence-electron chi connectivity index (χ2n) is 5.29. The van der Waals surface area contributed by atoms with E-state index in [2.05, 4.69) is 22.0 Å². The predicted molar refractivity (Wildman–Crippen MR) is 91.0 cm³/mol. The van der Waals surface area contributed by atoms with Crippen molar-refractivity contribution in [2.24, 2.45) is 0 Å². The van der Waals surface area contributed by atoms with E-state index in [1.165, 1.54) is 0 Å². The Morgan fingerprint density at radius 3 is 2.48 bits per heavy atom. The molecule has 0 fully saturated rings. The van der Waals surface area contributed by atoms with Crippen molar-refractivity contribution in [2.75, 3.05) is 0 Å². The number of rotatable bonds is 2. The molecule has 0 heterocycles. The number of halogens is 1. The maximum Gasteiger partial charge on any atom is 0.195 e. The van der Waals surface area contributed by atoms with Crippen molar-refractivity contribution in [3.63, 3.8) is 0 Å². The summed E-state index contributed by atoms with van der Waals surface area (Å²) in [5, 5.41) is 2.10. The third-order valence-electron chi connectivity index (χ3n) is 3.73. The van der Waals surface area contributed by atoms with E-state index in [0.29, 0.717) is 5.56 Å². The molecule has 3 aromatic carbocycles. The summed E-state index contributed by atoms with van der Waals surface area (Å²) in [7, 11) is 0. The van der Waals surface area contributed by atoms with E-state index in [1.54, 1.807) is 0 Å². The van der Waals surface area contributed by atoms with E-state index < -0.39 is 0 Å². The van der Waals surface area contributed by atoms with Gasteiger partial charge in [0.05, 0.1) is 0 Å². The number of benzene rings is 3. The van der Waals surface area contributed by atoms with Gasteiger partial charge in [-0.1, -0.05) is 58.4 Å². The Hall–Kier alpha value is -1.93. The van der Waals surface area contributed by atoms with Crippen molar-refractivity contribution in [1.29, 1.82) is 0 Å². The summed E-state index contributed by atoms with van der Waals surface area (Å²) >= 11 is 3.51. The molecule has 3 aromatic rings. The fourth-order valence-electron chi connectivity index (χ4n) is 2.62. The Labute approximate surface area is 132 Å². The molecule has 0 aliphatic carbocycles. The first kappa shape index (κ1) is 14.0. The molecule has 1 nitrogen and oxygen atoms in total. The van der Waals surface area contributed by atoms with E-state index >= 15 is 0 Å². The Morgan fingerprint density at radius 2 is 1.71 bits per heavy atom. The van der Waals surface area contributed by atoms with Gasteiger partial charge in [-0.3, -0.25) is 4.79 Å². The number of hydrogen-bond acceptors (Lipinski definition) is 1. The Morgan fingerprint density at radius 1 is 0.952 bits per heavy atom. The van der Waals surface area contributed by atoms with Gasteiger partial charge in [-0.2, -0.15) is 0 Å². The molecule has 3 rings (SSSR count). The average Bonchev–Trinajstić information content (AvgIpc) is 2.46. The quantitative estimate of drug-likeness (QED) is 0.568. The molecule has 0 unspecified atom stereocenters. The maximum atomic E-state index is 13.0. The molecule has 2 heteroatoms. The lowest BCUT2D eigenvalue weighted by atomic mass is 9.93. The summed E-state index contributed by atoms with van der Waals surface area (Å²) in [5.74, 6) is 0.0659. The first-order valence-electron chi connectivity index (χ1n) is 6.87. The van der Waals surface area contributed by atoms with Crippen LogP contribution in [-0.2, 0) is 0 Å². The van der Waals surface area contributed by atoms with Crippen LogP contribution >= 0.6 is 15.9 Å². The van der Waals surface area contributed by atoms with Gasteiger partial charge in [0.2, 0.25) is 0 Å². The van der Waals surface area contributed by atoms with E-state index in [-0.39, 0.29) is 5.78 Å². The first-order chi connectivity index (χ1) is 10.1. The van der Waals surface area contributed by atoms with E-state index in [1.807, 2.05) is 62.4 Å². The Kier molecular flexibility index (Phi) is 3.64. The van der Waals surface area contributed by atoms with Gasteiger partial charge in [-0.25, -0.2) is 0 Å². The summed E-state index contributed by atoms with van der Waals surface area (Å²) in [6.45, 7) is 4.00. The highest BCUT2D eigenvalue weighted by atomic mass is 79.9. The summed E-state index contributed by atoms with van der Waals surface area (Å²) in [6.07, 6.45) is 0. The maximum absolute atomic E-state index is 13.0. The van der Waals surface area contributed by atoms with Gasteiger partial charge in [0, 0.05) is 15.6 Å². The van der Waals surface area contributed by atoms with Crippen molar-refractivity contribution in [3.05, 3.63) is 81.3 Å². The molecule has 0 spiro atoms. The molecule has 0 radical (unpaired) electrons. The van der Waals surface area contributed by atoms with Gasteiger partial charge in [0.1, 0.15) is 0 Å². The Balaban J connectivity index is 2.24. The molecule has 0 amide bonds. The van der Waals surface area contributed by atoms with Gasteiger partial charge in [-0.05, 0) is 47.9 Å². The number of carbonyl (C=O) groups excluding carboxylic acids is 1. The lowest BCUT2D eigenvalue weighted by Crippen LogP contribution is -2.06. The van der Waals surface area contributed by atoms with Crippen molar-refractivity contribution in [2.45, 2.75) is 13.8 Å². The summed E-state index contributed by atoms with van der Waals surface area (Å²) in [4.78, 5) is 13.0. The third kappa shape index (κ3) is 2.52. The van der Waals surface area contributed by atoms with Crippen LogP contribution in [0.4, 0.5) is 0 Å². The van der Waals surface area contributed by atoms with Crippen molar-refractivity contribution in [1.82, 2.24) is 0 Å². The molecule has 104 valence electrons. The van der Waals surface area contributed by atoms with Gasteiger partial charge in [-0.15, -0.1) is 0 Å². The predicted octanol–water partition coefficient (Wildman–Crippen LogP) is 5.45. The second-order valence-corrected chi connectivity index (χ2v) is 6.15. The molecule has 0 saturated heterocycles. The minimum Gasteiger partial charge on any atom is -0.289 e. The monoisotopic (exact) mass is 338 g/mol. The van der Waals surface area contributed by atoms with Gasteiger partial charge < -0.3 is 0 Å². The lowest BCUT2D eigenvalue weighted by Gasteiger charge is -2.11. The standard InChI is InChI=1S/C19H15BrO/c1-12-7-10-16(17(20)11-12)19(21)18-13(2)8-9-14-5-3-4-6-15(14)18/h3-11H,1-2H3. The first-order valence-corrected chi connectivity index (χ1v) is 7.66. The van der Waals surface area contributed by atoms with Crippen LogP contribution in [0.3, 0.4) is 0 Å². The Bertz CT molecular complexity index is 849. The van der Waals surface area contributed by atoms with Crippen molar-refractivity contribution < 1.29 is 4.79 Å². The molecule has 0 saturated carbocycles. The molecular formula is C19H15BrO. The highest BCUT2D eigenvalue weighted by Gasteiger charge is 2.17. The number of hydrogen-bond donors (Lipinski definition) is 0. The molecule has 0 atom stereocenters. The van der Waals surface area contributed by atoms with Crippen LogP contribution in [-0.4, -0.2) is 5.78 Å².